The minimum Gasteiger partial charge on any atom is -0.359 e. The first kappa shape index (κ1) is 29.4. The van der Waals surface area contributed by atoms with E-state index >= 15 is 0 Å². The van der Waals surface area contributed by atoms with Crippen molar-refractivity contribution in [3.8, 4) is 0 Å². The van der Waals surface area contributed by atoms with Gasteiger partial charge in [0, 0.05) is 0 Å². The lowest BCUT2D eigenvalue weighted by Gasteiger charge is -2.49. The lowest BCUT2D eigenvalue weighted by Crippen LogP contribution is -2.51. The molecule has 1 aliphatic carbocycles. The maximum absolute atomic E-state index is 12.0. The molecule has 0 aromatic heterocycles. The Labute approximate surface area is 198 Å². The fourth-order valence-corrected chi connectivity index (χ4v) is 5.71. The van der Waals surface area contributed by atoms with E-state index in [2.05, 4.69) is 69.2 Å². The zero-order chi connectivity index (χ0) is 25.2. The first-order chi connectivity index (χ1) is 14.2. The predicted molar refractivity (Wildman–Crippen MR) is 134 cm³/mol. The highest BCUT2D eigenvalue weighted by Crippen LogP contribution is 2.53. The first-order valence-corrected chi connectivity index (χ1v) is 12.4. The quantitative estimate of drug-likeness (QED) is 0.276. The maximum Gasteiger partial charge on any atom is 0.209 e. The molecule has 0 saturated carbocycles. The number of aliphatic hydroxyl groups is 2. The zero-order valence-corrected chi connectivity index (χ0v) is 23.1. The van der Waals surface area contributed by atoms with E-state index in [1.165, 1.54) is 0 Å². The third-order valence-electron chi connectivity index (χ3n) is 5.91. The molecule has 0 saturated heterocycles. The molecule has 1 rings (SSSR count). The van der Waals surface area contributed by atoms with E-state index in [1.807, 2.05) is 13.8 Å². The molecule has 0 aromatic rings. The van der Waals surface area contributed by atoms with Crippen LogP contribution in [-0.2, 0) is 9.47 Å². The van der Waals surface area contributed by atoms with E-state index in [1.54, 1.807) is 12.2 Å². The van der Waals surface area contributed by atoms with Crippen LogP contribution in [0.1, 0.15) is 109 Å². The highest BCUT2D eigenvalue weighted by Gasteiger charge is 2.52. The molecule has 0 fully saturated rings. The summed E-state index contributed by atoms with van der Waals surface area (Å²) >= 11 is 0. The van der Waals surface area contributed by atoms with Crippen molar-refractivity contribution in [1.29, 1.82) is 0 Å². The molecule has 188 valence electrons. The van der Waals surface area contributed by atoms with Gasteiger partial charge in [-0.2, -0.15) is 0 Å². The summed E-state index contributed by atoms with van der Waals surface area (Å²) in [5.41, 5.74) is 0.576. The highest BCUT2D eigenvalue weighted by molar-refractivity contribution is 5.43. The molecular weight excluding hydrogens is 400 g/mol. The number of ether oxygens (including phenoxy) is 2. The molecule has 0 radical (unpaired) electrons. The predicted octanol–water partition coefficient (Wildman–Crippen LogP) is 7.01. The Hall–Kier alpha value is -0.680. The van der Waals surface area contributed by atoms with Crippen molar-refractivity contribution < 1.29 is 19.7 Å². The normalized spacial score (nSPS) is 25.6. The Balaban J connectivity index is 3.74. The Morgan fingerprint density at radius 1 is 0.625 bits per heavy atom. The molecule has 4 nitrogen and oxygen atoms in total. The Bertz CT molecular complexity index is 627. The topological polar surface area (TPSA) is 58.9 Å². The van der Waals surface area contributed by atoms with Crippen LogP contribution in [0.15, 0.2) is 23.3 Å². The molecule has 2 unspecified atom stereocenters. The van der Waals surface area contributed by atoms with Crippen LogP contribution in [0.5, 0.6) is 0 Å². The van der Waals surface area contributed by atoms with E-state index in [-0.39, 0.29) is 10.8 Å². The molecule has 1 aliphatic rings. The fraction of sp³-hybridized carbons (Fsp3) is 0.857. The molecule has 32 heavy (non-hydrogen) atoms. The van der Waals surface area contributed by atoms with Crippen LogP contribution in [0.4, 0.5) is 0 Å². The van der Waals surface area contributed by atoms with Gasteiger partial charge in [-0.15, -0.1) is 0 Å². The Morgan fingerprint density at radius 3 is 1.12 bits per heavy atom. The highest BCUT2D eigenvalue weighted by atomic mass is 16.6. The molecule has 0 aliphatic heterocycles. The minimum atomic E-state index is -1.59. The van der Waals surface area contributed by atoms with Gasteiger partial charge in [0.05, 0.1) is 13.2 Å². The van der Waals surface area contributed by atoms with Gasteiger partial charge in [-0.25, -0.2) is 0 Å². The minimum absolute atomic E-state index is 0.0356. The summed E-state index contributed by atoms with van der Waals surface area (Å²) in [7, 11) is 0. The summed E-state index contributed by atoms with van der Waals surface area (Å²) in [6.45, 7) is 26.5. The van der Waals surface area contributed by atoms with E-state index in [0.29, 0.717) is 24.4 Å². The average molecular weight is 453 g/mol. The summed E-state index contributed by atoms with van der Waals surface area (Å²) in [4.78, 5) is 0. The van der Waals surface area contributed by atoms with Crippen LogP contribution < -0.4 is 0 Å². The van der Waals surface area contributed by atoms with E-state index in [4.69, 9.17) is 9.47 Å². The van der Waals surface area contributed by atoms with Crippen LogP contribution in [0, 0.1) is 21.7 Å². The molecule has 2 atom stereocenters. The molecule has 0 spiro atoms. The summed E-state index contributed by atoms with van der Waals surface area (Å²) < 4.78 is 12.3. The van der Waals surface area contributed by atoms with Gasteiger partial charge in [-0.05, 0) is 70.6 Å². The van der Waals surface area contributed by atoms with Crippen LogP contribution in [-0.4, -0.2) is 35.0 Å². The van der Waals surface area contributed by atoms with E-state index in [0.717, 1.165) is 25.7 Å². The second-order valence-electron chi connectivity index (χ2n) is 13.4. The van der Waals surface area contributed by atoms with E-state index in [9.17, 15) is 10.2 Å². The second kappa shape index (κ2) is 9.90. The molecule has 2 N–H and O–H groups in total. The smallest absolute Gasteiger partial charge is 0.209 e. The van der Waals surface area contributed by atoms with Gasteiger partial charge in [0.25, 0.3) is 0 Å². The van der Waals surface area contributed by atoms with Crippen LogP contribution in [0.25, 0.3) is 0 Å². The van der Waals surface area contributed by atoms with Gasteiger partial charge in [0.1, 0.15) is 0 Å². The molecule has 0 aromatic carbocycles. The Kier molecular flexibility index (Phi) is 9.08. The number of hydrogen-bond acceptors (Lipinski definition) is 4. The van der Waals surface area contributed by atoms with Crippen molar-refractivity contribution in [3.63, 3.8) is 0 Å². The lowest BCUT2D eigenvalue weighted by atomic mass is 9.63. The molecule has 0 bridgehead atoms. The third kappa shape index (κ3) is 7.68. The monoisotopic (exact) mass is 452 g/mol. The summed E-state index contributed by atoms with van der Waals surface area (Å²) in [5, 5.41) is 23.9. The van der Waals surface area contributed by atoms with Crippen molar-refractivity contribution in [1.82, 2.24) is 0 Å². The Morgan fingerprint density at radius 2 is 0.906 bits per heavy atom. The number of hydrogen-bond donors (Lipinski definition) is 2. The van der Waals surface area contributed by atoms with Gasteiger partial charge in [0.2, 0.25) is 11.6 Å². The molecule has 0 amide bonds. The van der Waals surface area contributed by atoms with Crippen molar-refractivity contribution in [2.45, 2.75) is 120 Å². The van der Waals surface area contributed by atoms with Gasteiger partial charge >= 0.3 is 0 Å². The van der Waals surface area contributed by atoms with Crippen LogP contribution >= 0.6 is 0 Å². The summed E-state index contributed by atoms with van der Waals surface area (Å²) in [5.74, 6) is -3.17. The van der Waals surface area contributed by atoms with Gasteiger partial charge in [-0.1, -0.05) is 83.1 Å². The number of rotatable bonds is 10. The third-order valence-corrected chi connectivity index (χ3v) is 5.91. The first-order valence-electron chi connectivity index (χ1n) is 12.4. The average Bonchev–Trinajstić information content (AvgIpc) is 2.56. The van der Waals surface area contributed by atoms with Crippen molar-refractivity contribution in [2.24, 2.45) is 21.7 Å². The van der Waals surface area contributed by atoms with Crippen molar-refractivity contribution in [3.05, 3.63) is 23.3 Å². The van der Waals surface area contributed by atoms with Gasteiger partial charge in [0.15, 0.2) is 0 Å². The zero-order valence-electron chi connectivity index (χ0n) is 23.1. The largest absolute Gasteiger partial charge is 0.359 e. The standard InChI is InChI=1S/C28H52O4/c1-13-15-31-27(29)17-22(26(11,12)20-24(6,7)8)28(30,32-16-14-2)18-21(27)25(9,10)19-23(3,4)5/h17-18,29-30H,13-16,19-20H2,1-12H3. The van der Waals surface area contributed by atoms with Gasteiger partial charge in [-0.3, -0.25) is 0 Å². The molecular formula is C28H52O4. The summed E-state index contributed by atoms with van der Waals surface area (Å²) in [6, 6.07) is 0. The van der Waals surface area contributed by atoms with Crippen molar-refractivity contribution in [2.75, 3.05) is 13.2 Å². The SMILES string of the molecule is CCCOC1(O)C=C(C(C)(C)CC(C)(C)C)C(O)(OCCC)C=C1C(C)(C)CC(C)(C)C. The summed E-state index contributed by atoms with van der Waals surface area (Å²) in [6.07, 6.45) is 6.73. The van der Waals surface area contributed by atoms with Gasteiger partial charge < -0.3 is 19.7 Å². The maximum atomic E-state index is 12.0. The van der Waals surface area contributed by atoms with E-state index < -0.39 is 22.4 Å². The van der Waals surface area contributed by atoms with Crippen LogP contribution in [0.3, 0.4) is 0 Å². The lowest BCUT2D eigenvalue weighted by molar-refractivity contribution is -0.182. The molecule has 4 heteroatoms. The molecule has 0 heterocycles. The second-order valence-corrected chi connectivity index (χ2v) is 13.4. The van der Waals surface area contributed by atoms with Crippen molar-refractivity contribution >= 4 is 0 Å². The fourth-order valence-electron chi connectivity index (χ4n) is 5.71. The van der Waals surface area contributed by atoms with Crippen LogP contribution in [0.2, 0.25) is 0 Å².